The average molecular weight is 599 g/mol. The van der Waals surface area contributed by atoms with Gasteiger partial charge in [-0.05, 0) is 91.5 Å². The molecular weight excluding hydrogens is 573 g/mol. The zero-order valence-corrected chi connectivity index (χ0v) is 25.3. The molecule has 0 atom stereocenters. The summed E-state index contributed by atoms with van der Waals surface area (Å²) in [6.45, 7) is 0. The smallest absolute Gasteiger partial charge is 0.100 e. The SMILES string of the molecule is c1cnc2c(c1)ccc1cc(-c3ccc(-n4cnc5cc(-c6ccc7c8ccccc8c8ccccc8c7c6)ccc54)cc3)cnc12. The first-order chi connectivity index (χ1) is 23.3. The first-order valence-electron chi connectivity index (χ1n) is 15.8. The normalized spacial score (nSPS) is 11.8. The van der Waals surface area contributed by atoms with Crippen LogP contribution in [0.15, 0.2) is 158 Å². The van der Waals surface area contributed by atoms with Crippen molar-refractivity contribution in [3.05, 3.63) is 158 Å². The lowest BCUT2D eigenvalue weighted by Crippen LogP contribution is -1.92. The van der Waals surface area contributed by atoms with Gasteiger partial charge in [0.05, 0.1) is 22.1 Å². The number of pyridine rings is 2. The molecule has 7 aromatic carbocycles. The Morgan fingerprint density at radius 3 is 1.83 bits per heavy atom. The molecule has 4 nitrogen and oxygen atoms in total. The van der Waals surface area contributed by atoms with Crippen LogP contribution in [0, 0.1) is 0 Å². The highest BCUT2D eigenvalue weighted by atomic mass is 15.0. The quantitative estimate of drug-likeness (QED) is 0.190. The van der Waals surface area contributed by atoms with Gasteiger partial charge in [0.15, 0.2) is 0 Å². The van der Waals surface area contributed by atoms with E-state index in [2.05, 4.69) is 143 Å². The van der Waals surface area contributed by atoms with Gasteiger partial charge < -0.3 is 0 Å². The maximum absolute atomic E-state index is 4.82. The first kappa shape index (κ1) is 25.9. The van der Waals surface area contributed by atoms with Gasteiger partial charge in [-0.25, -0.2) is 4.98 Å². The van der Waals surface area contributed by atoms with E-state index < -0.39 is 0 Å². The van der Waals surface area contributed by atoms with E-state index >= 15 is 0 Å². The number of aromatic nitrogens is 4. The van der Waals surface area contributed by atoms with E-state index in [4.69, 9.17) is 9.97 Å². The van der Waals surface area contributed by atoms with Crippen molar-refractivity contribution >= 4 is 65.2 Å². The van der Waals surface area contributed by atoms with Gasteiger partial charge in [-0.15, -0.1) is 0 Å². The van der Waals surface area contributed by atoms with Crippen LogP contribution in [-0.2, 0) is 0 Å². The van der Waals surface area contributed by atoms with Crippen LogP contribution in [0.4, 0.5) is 0 Å². The Hall–Kier alpha value is -6.39. The standard InChI is InChI=1S/C43H26N4/c1-2-9-36-34(7-1)35-8-3-4-10-37(35)39-23-29(15-19-38(36)39)30-16-20-41-40(24-30)46-26-47(41)33-17-13-27(14-18-33)32-22-31-12-11-28-6-5-21-44-42(28)43(31)45-25-32/h1-26H. The maximum atomic E-state index is 4.82. The van der Waals surface area contributed by atoms with Crippen molar-refractivity contribution in [2.45, 2.75) is 0 Å². The molecule has 0 radical (unpaired) electrons. The third kappa shape index (κ3) is 4.05. The molecular formula is C43H26N4. The second-order valence-corrected chi connectivity index (χ2v) is 12.2. The fourth-order valence-corrected chi connectivity index (χ4v) is 7.19. The van der Waals surface area contributed by atoms with Crippen molar-refractivity contribution in [1.82, 2.24) is 19.5 Å². The molecule has 47 heavy (non-hydrogen) atoms. The third-order valence-corrected chi connectivity index (χ3v) is 9.53. The van der Waals surface area contributed by atoms with Crippen molar-refractivity contribution < 1.29 is 0 Å². The molecule has 3 heterocycles. The van der Waals surface area contributed by atoms with Gasteiger partial charge in [-0.2, -0.15) is 0 Å². The number of hydrogen-bond donors (Lipinski definition) is 0. The monoisotopic (exact) mass is 598 g/mol. The maximum Gasteiger partial charge on any atom is 0.100 e. The number of nitrogens with zero attached hydrogens (tertiary/aromatic N) is 4. The highest BCUT2D eigenvalue weighted by molar-refractivity contribution is 6.25. The number of rotatable bonds is 3. The summed E-state index contributed by atoms with van der Waals surface area (Å²) >= 11 is 0. The number of fused-ring (bicyclic) bond motifs is 10. The predicted octanol–water partition coefficient (Wildman–Crippen LogP) is 10.9. The molecule has 4 heteroatoms. The molecule has 0 saturated heterocycles. The molecule has 0 aliphatic heterocycles. The lowest BCUT2D eigenvalue weighted by atomic mass is 9.92. The molecule has 3 aromatic heterocycles. The summed E-state index contributed by atoms with van der Waals surface area (Å²) in [6, 6.07) is 49.9. The van der Waals surface area contributed by atoms with Crippen molar-refractivity contribution in [1.29, 1.82) is 0 Å². The predicted molar refractivity (Wildman–Crippen MR) is 195 cm³/mol. The Morgan fingerprint density at radius 2 is 1.04 bits per heavy atom. The first-order valence-corrected chi connectivity index (χ1v) is 15.8. The van der Waals surface area contributed by atoms with Crippen LogP contribution in [-0.4, -0.2) is 19.5 Å². The van der Waals surface area contributed by atoms with Crippen molar-refractivity contribution in [2.24, 2.45) is 0 Å². The summed E-state index contributed by atoms with van der Waals surface area (Å²) in [5.74, 6) is 0. The van der Waals surface area contributed by atoms with Gasteiger partial charge in [-0.1, -0.05) is 97.1 Å². The second kappa shape index (κ2) is 10.1. The van der Waals surface area contributed by atoms with Gasteiger partial charge in [0.2, 0.25) is 0 Å². The van der Waals surface area contributed by atoms with E-state index in [1.165, 1.54) is 37.9 Å². The van der Waals surface area contributed by atoms with E-state index in [1.807, 2.05) is 24.8 Å². The van der Waals surface area contributed by atoms with Gasteiger partial charge in [0, 0.05) is 34.4 Å². The van der Waals surface area contributed by atoms with Crippen molar-refractivity contribution in [2.75, 3.05) is 0 Å². The lowest BCUT2D eigenvalue weighted by Gasteiger charge is -2.12. The average Bonchev–Trinajstić information content (AvgIpc) is 3.58. The topological polar surface area (TPSA) is 43.6 Å². The highest BCUT2D eigenvalue weighted by Gasteiger charge is 2.12. The number of benzene rings is 7. The minimum absolute atomic E-state index is 0.929. The van der Waals surface area contributed by atoms with Crippen molar-refractivity contribution in [3.8, 4) is 27.9 Å². The lowest BCUT2D eigenvalue weighted by molar-refractivity contribution is 1.09. The van der Waals surface area contributed by atoms with E-state index in [0.717, 1.165) is 55.2 Å². The Kier molecular flexibility index (Phi) is 5.54. The second-order valence-electron chi connectivity index (χ2n) is 12.2. The Labute approximate surface area is 270 Å². The Balaban J connectivity index is 1.00. The summed E-state index contributed by atoms with van der Waals surface area (Å²) in [5, 5.41) is 9.89. The van der Waals surface area contributed by atoms with Gasteiger partial charge in [-0.3, -0.25) is 14.5 Å². The van der Waals surface area contributed by atoms with Crippen LogP contribution in [0.5, 0.6) is 0 Å². The molecule has 0 saturated carbocycles. The summed E-state index contributed by atoms with van der Waals surface area (Å²) < 4.78 is 2.15. The van der Waals surface area contributed by atoms with Gasteiger partial charge in [0.25, 0.3) is 0 Å². The zero-order chi connectivity index (χ0) is 30.9. The number of hydrogen-bond acceptors (Lipinski definition) is 3. The molecule has 0 fully saturated rings. The van der Waals surface area contributed by atoms with E-state index in [9.17, 15) is 0 Å². The van der Waals surface area contributed by atoms with Crippen molar-refractivity contribution in [3.63, 3.8) is 0 Å². The molecule has 218 valence electrons. The van der Waals surface area contributed by atoms with E-state index in [-0.39, 0.29) is 0 Å². The molecule has 0 amide bonds. The van der Waals surface area contributed by atoms with E-state index in [1.54, 1.807) is 0 Å². The van der Waals surface area contributed by atoms with Crippen LogP contribution < -0.4 is 0 Å². The molecule has 0 aliphatic rings. The van der Waals surface area contributed by atoms with Crippen LogP contribution in [0.25, 0.3) is 93.1 Å². The fourth-order valence-electron chi connectivity index (χ4n) is 7.19. The number of imidazole rings is 1. The minimum atomic E-state index is 0.929. The summed E-state index contributed by atoms with van der Waals surface area (Å²) in [5.41, 5.74) is 9.51. The van der Waals surface area contributed by atoms with Crippen LogP contribution in [0.1, 0.15) is 0 Å². The molecule has 0 aliphatic carbocycles. The minimum Gasteiger partial charge on any atom is -0.299 e. The summed E-state index contributed by atoms with van der Waals surface area (Å²) in [6.07, 6.45) is 5.68. The molecule has 0 N–H and O–H groups in total. The molecule has 0 unspecified atom stereocenters. The largest absolute Gasteiger partial charge is 0.299 e. The van der Waals surface area contributed by atoms with Gasteiger partial charge in [0.1, 0.15) is 6.33 Å². The summed E-state index contributed by atoms with van der Waals surface area (Å²) in [4.78, 5) is 14.2. The van der Waals surface area contributed by atoms with Crippen LogP contribution in [0.3, 0.4) is 0 Å². The van der Waals surface area contributed by atoms with Gasteiger partial charge >= 0.3 is 0 Å². The van der Waals surface area contributed by atoms with Crippen LogP contribution >= 0.6 is 0 Å². The summed E-state index contributed by atoms with van der Waals surface area (Å²) in [7, 11) is 0. The molecule has 10 aromatic rings. The Morgan fingerprint density at radius 1 is 0.404 bits per heavy atom. The Bertz CT molecular complexity index is 2810. The third-order valence-electron chi connectivity index (χ3n) is 9.53. The molecule has 10 rings (SSSR count). The molecule has 0 spiro atoms. The van der Waals surface area contributed by atoms with Crippen LogP contribution in [0.2, 0.25) is 0 Å². The zero-order valence-electron chi connectivity index (χ0n) is 25.3. The molecule has 0 bridgehead atoms. The fraction of sp³-hybridized carbons (Fsp3) is 0. The highest BCUT2D eigenvalue weighted by Crippen LogP contribution is 2.37. The van der Waals surface area contributed by atoms with E-state index in [0.29, 0.717) is 0 Å².